The van der Waals surface area contributed by atoms with Crippen molar-refractivity contribution in [1.29, 1.82) is 0 Å². The minimum atomic E-state index is -3.42. The summed E-state index contributed by atoms with van der Waals surface area (Å²) in [7, 11) is -3.42. The summed E-state index contributed by atoms with van der Waals surface area (Å²) in [5.41, 5.74) is 5.61. The predicted molar refractivity (Wildman–Crippen MR) is 80.5 cm³/mol. The molecule has 7 heteroatoms. The van der Waals surface area contributed by atoms with Gasteiger partial charge in [0.2, 0.25) is 10.0 Å². The average Bonchev–Trinajstić information content (AvgIpc) is 2.74. The average molecular weight is 305 g/mol. The van der Waals surface area contributed by atoms with E-state index in [1.165, 1.54) is 0 Å². The molecule has 2 fully saturated rings. The van der Waals surface area contributed by atoms with Crippen molar-refractivity contribution in [2.75, 3.05) is 19.6 Å². The molecule has 2 heterocycles. The lowest BCUT2D eigenvalue weighted by Gasteiger charge is -2.42. The van der Waals surface area contributed by atoms with Crippen LogP contribution in [0.2, 0.25) is 0 Å². The smallest absolute Gasteiger partial charge is 0.223 e. The molecular weight excluding hydrogens is 282 g/mol. The van der Waals surface area contributed by atoms with Gasteiger partial charge in [-0.15, -0.1) is 0 Å². The summed E-state index contributed by atoms with van der Waals surface area (Å²) in [5.74, 6) is 0. The zero-order valence-corrected chi connectivity index (χ0v) is 13.2. The number of nitrogens with zero attached hydrogens (tertiary/aromatic N) is 2. The largest absolute Gasteiger partial charge is 0.392 e. The van der Waals surface area contributed by atoms with Gasteiger partial charge in [-0.2, -0.15) is 4.31 Å². The molecule has 0 amide bonds. The van der Waals surface area contributed by atoms with E-state index in [4.69, 9.17) is 18.0 Å². The Bertz CT molecular complexity index is 452. The molecule has 0 aromatic rings. The van der Waals surface area contributed by atoms with E-state index in [0.717, 1.165) is 25.9 Å². The van der Waals surface area contributed by atoms with Crippen molar-refractivity contribution in [3.8, 4) is 0 Å². The molecule has 5 nitrogen and oxygen atoms in total. The maximum atomic E-state index is 12.7. The maximum absolute atomic E-state index is 12.7. The van der Waals surface area contributed by atoms with E-state index in [1.807, 2.05) is 13.8 Å². The van der Waals surface area contributed by atoms with Gasteiger partial charge in [0.15, 0.2) is 0 Å². The molecule has 0 aromatic heterocycles. The van der Waals surface area contributed by atoms with E-state index in [-0.39, 0.29) is 11.0 Å². The number of hydrogen-bond donors (Lipinski definition) is 1. The van der Waals surface area contributed by atoms with Gasteiger partial charge in [-0.05, 0) is 32.7 Å². The highest BCUT2D eigenvalue weighted by Gasteiger charge is 2.42. The highest BCUT2D eigenvalue weighted by Crippen LogP contribution is 2.28. The molecule has 0 radical (unpaired) electrons. The van der Waals surface area contributed by atoms with Crippen molar-refractivity contribution >= 4 is 27.2 Å². The van der Waals surface area contributed by atoms with Crippen molar-refractivity contribution in [2.24, 2.45) is 5.73 Å². The van der Waals surface area contributed by atoms with Gasteiger partial charge in [0, 0.05) is 25.2 Å². The van der Waals surface area contributed by atoms with Gasteiger partial charge in [-0.1, -0.05) is 19.1 Å². The molecule has 2 aliphatic rings. The van der Waals surface area contributed by atoms with Crippen LogP contribution in [0.15, 0.2) is 0 Å². The topological polar surface area (TPSA) is 66.6 Å². The Morgan fingerprint density at radius 1 is 1.47 bits per heavy atom. The summed E-state index contributed by atoms with van der Waals surface area (Å²) in [6.07, 6.45) is 2.69. The Balaban J connectivity index is 2.22. The molecule has 0 aliphatic carbocycles. The lowest BCUT2D eigenvalue weighted by atomic mass is 10.1. The summed E-state index contributed by atoms with van der Waals surface area (Å²) < 4.78 is 27.0. The molecule has 3 atom stereocenters. The van der Waals surface area contributed by atoms with Crippen LogP contribution in [0.3, 0.4) is 0 Å². The van der Waals surface area contributed by atoms with Crippen molar-refractivity contribution in [3.63, 3.8) is 0 Å². The zero-order chi connectivity index (χ0) is 14.2. The van der Waals surface area contributed by atoms with Crippen LogP contribution in [-0.4, -0.2) is 59.6 Å². The van der Waals surface area contributed by atoms with E-state index >= 15 is 0 Å². The monoisotopic (exact) mass is 305 g/mol. The highest BCUT2D eigenvalue weighted by atomic mass is 32.2. The third-order valence-electron chi connectivity index (χ3n) is 4.25. The standard InChI is InChI=1S/C12H23N3O2S2/c1-3-11(12(13)18)19(16,17)15-8-10-5-4-6-14(10)7-9(15)2/h9-11H,3-8H2,1-2H3,(H2,13,18). The van der Waals surface area contributed by atoms with Gasteiger partial charge in [0.05, 0.1) is 4.99 Å². The van der Waals surface area contributed by atoms with Gasteiger partial charge < -0.3 is 5.73 Å². The number of piperazine rings is 1. The minimum Gasteiger partial charge on any atom is -0.392 e. The second-order valence-electron chi connectivity index (χ2n) is 5.55. The van der Waals surface area contributed by atoms with Crippen LogP contribution in [0, 0.1) is 0 Å². The van der Waals surface area contributed by atoms with Crippen LogP contribution in [-0.2, 0) is 10.0 Å². The quantitative estimate of drug-likeness (QED) is 0.768. The Kier molecular flexibility index (Phi) is 4.49. The summed E-state index contributed by atoms with van der Waals surface area (Å²) in [5, 5.41) is -0.724. The van der Waals surface area contributed by atoms with E-state index in [1.54, 1.807) is 4.31 Å². The number of hydrogen-bond acceptors (Lipinski definition) is 4. The third kappa shape index (κ3) is 2.79. The second kappa shape index (κ2) is 5.63. The van der Waals surface area contributed by atoms with E-state index in [9.17, 15) is 8.42 Å². The maximum Gasteiger partial charge on any atom is 0.223 e. The molecule has 2 saturated heterocycles. The first kappa shape index (κ1) is 15.2. The van der Waals surface area contributed by atoms with Crippen LogP contribution >= 0.6 is 12.2 Å². The van der Waals surface area contributed by atoms with Crippen LogP contribution in [0.4, 0.5) is 0 Å². The Hall–Kier alpha value is -0.240. The highest BCUT2D eigenvalue weighted by molar-refractivity contribution is 7.92. The molecule has 0 aromatic carbocycles. The Morgan fingerprint density at radius 2 is 2.16 bits per heavy atom. The van der Waals surface area contributed by atoms with Crippen LogP contribution < -0.4 is 5.73 Å². The molecule has 3 unspecified atom stereocenters. The number of nitrogens with two attached hydrogens (primary N) is 1. The van der Waals surface area contributed by atoms with Gasteiger partial charge in [0.25, 0.3) is 0 Å². The van der Waals surface area contributed by atoms with Gasteiger partial charge in [-0.25, -0.2) is 8.42 Å². The molecule has 0 bridgehead atoms. The predicted octanol–water partition coefficient (Wildman–Crippen LogP) is 0.549. The van der Waals surface area contributed by atoms with Gasteiger partial charge >= 0.3 is 0 Å². The van der Waals surface area contributed by atoms with Crippen LogP contribution in [0.25, 0.3) is 0 Å². The van der Waals surface area contributed by atoms with Gasteiger partial charge in [-0.3, -0.25) is 4.90 Å². The lowest BCUT2D eigenvalue weighted by Crippen LogP contribution is -2.59. The van der Waals surface area contributed by atoms with Crippen molar-refractivity contribution in [1.82, 2.24) is 9.21 Å². The fraction of sp³-hybridized carbons (Fsp3) is 0.917. The zero-order valence-electron chi connectivity index (χ0n) is 11.6. The second-order valence-corrected chi connectivity index (χ2v) is 8.09. The molecule has 0 saturated carbocycles. The molecule has 2 rings (SSSR count). The first-order valence-electron chi connectivity index (χ1n) is 6.92. The SMILES string of the molecule is CCC(C(N)=S)S(=O)(=O)N1CC2CCCN2CC1C. The molecule has 2 aliphatic heterocycles. The molecular formula is C12H23N3O2S2. The fourth-order valence-corrected chi connectivity index (χ4v) is 5.76. The van der Waals surface area contributed by atoms with Crippen molar-refractivity contribution in [3.05, 3.63) is 0 Å². The van der Waals surface area contributed by atoms with Crippen LogP contribution in [0.5, 0.6) is 0 Å². The van der Waals surface area contributed by atoms with Gasteiger partial charge in [0.1, 0.15) is 5.25 Å². The van der Waals surface area contributed by atoms with Crippen molar-refractivity contribution in [2.45, 2.75) is 50.4 Å². The Morgan fingerprint density at radius 3 is 2.74 bits per heavy atom. The Labute approximate surface area is 121 Å². The number of rotatable bonds is 4. The number of thiocarbonyl (C=S) groups is 1. The van der Waals surface area contributed by atoms with Crippen molar-refractivity contribution < 1.29 is 8.42 Å². The normalized spacial score (nSPS) is 31.1. The van der Waals surface area contributed by atoms with E-state index in [0.29, 0.717) is 19.0 Å². The summed E-state index contributed by atoms with van der Waals surface area (Å²) in [6.45, 7) is 6.28. The lowest BCUT2D eigenvalue weighted by molar-refractivity contribution is 0.116. The fourth-order valence-electron chi connectivity index (χ4n) is 3.24. The summed E-state index contributed by atoms with van der Waals surface area (Å²) in [4.78, 5) is 2.49. The summed E-state index contributed by atoms with van der Waals surface area (Å²) in [6, 6.07) is 0.373. The first-order valence-corrected chi connectivity index (χ1v) is 8.83. The van der Waals surface area contributed by atoms with Crippen LogP contribution in [0.1, 0.15) is 33.1 Å². The van der Waals surface area contributed by atoms with E-state index < -0.39 is 15.3 Å². The first-order chi connectivity index (χ1) is 8.87. The molecule has 0 spiro atoms. The molecule has 110 valence electrons. The number of fused-ring (bicyclic) bond motifs is 1. The third-order valence-corrected chi connectivity index (χ3v) is 7.16. The minimum absolute atomic E-state index is 0.00255. The number of sulfonamides is 1. The van der Waals surface area contributed by atoms with E-state index in [2.05, 4.69) is 4.90 Å². The molecule has 19 heavy (non-hydrogen) atoms. The summed E-state index contributed by atoms with van der Waals surface area (Å²) >= 11 is 4.93. The molecule has 2 N–H and O–H groups in total.